The number of nitrogens with two attached hydrogens (primary N) is 1. The molecule has 0 spiro atoms. The van der Waals surface area contributed by atoms with Crippen molar-refractivity contribution in [1.29, 1.82) is 0 Å². The van der Waals surface area contributed by atoms with Crippen molar-refractivity contribution in [3.05, 3.63) is 58.1 Å². The summed E-state index contributed by atoms with van der Waals surface area (Å²) in [7, 11) is 0. The van der Waals surface area contributed by atoms with Crippen molar-refractivity contribution >= 4 is 47.0 Å². The largest absolute Gasteiger partial charge is 0.465 e. The summed E-state index contributed by atoms with van der Waals surface area (Å²) in [6.45, 7) is 5.61. The van der Waals surface area contributed by atoms with Crippen molar-refractivity contribution in [2.24, 2.45) is 11.8 Å². The lowest BCUT2D eigenvalue weighted by Gasteiger charge is -2.31. The Balaban J connectivity index is 2.04. The Bertz CT molecular complexity index is 1070. The molecule has 5 N–H and O–H groups in total. The lowest BCUT2D eigenvalue weighted by molar-refractivity contribution is -0.122. The van der Waals surface area contributed by atoms with Crippen molar-refractivity contribution in [2.75, 3.05) is 10.7 Å². The Kier molecular flexibility index (Phi) is 7.56. The minimum atomic E-state index is -1.14. The molecule has 0 aliphatic carbocycles. The molecular weight excluding hydrogens is 464 g/mol. The molecule has 1 heterocycles. The fourth-order valence-corrected chi connectivity index (χ4v) is 5.30. The minimum Gasteiger partial charge on any atom is -0.465 e. The van der Waals surface area contributed by atoms with Crippen LogP contribution in [0.3, 0.4) is 0 Å². The van der Waals surface area contributed by atoms with Crippen molar-refractivity contribution in [3.8, 4) is 0 Å². The summed E-state index contributed by atoms with van der Waals surface area (Å²) < 4.78 is 0. The number of aryl methyl sites for hydroxylation is 1. The van der Waals surface area contributed by atoms with Gasteiger partial charge in [-0.3, -0.25) is 15.0 Å². The Hall–Kier alpha value is -2.75. The fraction of sp³-hybridized carbons (Fsp3) is 0.348. The van der Waals surface area contributed by atoms with Crippen LogP contribution in [0.1, 0.15) is 41.8 Å². The predicted octanol–water partition coefficient (Wildman–Crippen LogP) is 3.94. The zero-order chi connectivity index (χ0) is 24.3. The van der Waals surface area contributed by atoms with Crippen LogP contribution >= 0.6 is 23.4 Å². The lowest BCUT2D eigenvalue weighted by atomic mass is 9.90. The quantitative estimate of drug-likeness (QED) is 0.276. The predicted molar refractivity (Wildman–Crippen MR) is 130 cm³/mol. The van der Waals surface area contributed by atoms with E-state index < -0.39 is 23.5 Å². The summed E-state index contributed by atoms with van der Waals surface area (Å²) in [6.07, 6.45) is -0.811. The Morgan fingerprint density at radius 3 is 2.55 bits per heavy atom. The number of hydrogen-bond donors (Lipinski definition) is 4. The van der Waals surface area contributed by atoms with Gasteiger partial charge in [-0.15, -0.1) is 11.8 Å². The second-order valence-corrected chi connectivity index (χ2v) is 10.2. The van der Waals surface area contributed by atoms with Gasteiger partial charge < -0.3 is 15.3 Å². The van der Waals surface area contributed by atoms with Crippen LogP contribution in [0.15, 0.2) is 41.3 Å². The van der Waals surface area contributed by atoms with Gasteiger partial charge in [-0.05, 0) is 62.6 Å². The van der Waals surface area contributed by atoms with E-state index in [0.717, 1.165) is 16.0 Å². The second-order valence-electron chi connectivity index (χ2n) is 8.69. The van der Waals surface area contributed by atoms with Crippen LogP contribution in [0.2, 0.25) is 5.02 Å². The van der Waals surface area contributed by atoms with Gasteiger partial charge in [-0.2, -0.15) is 0 Å². The van der Waals surface area contributed by atoms with Gasteiger partial charge in [0.2, 0.25) is 5.91 Å². The molecule has 3 amide bonds. The van der Waals surface area contributed by atoms with Crippen LogP contribution in [0, 0.1) is 12.8 Å². The minimum absolute atomic E-state index is 0.139. The number of nitrogens with one attached hydrogen (secondary N) is 2. The van der Waals surface area contributed by atoms with Gasteiger partial charge in [-0.1, -0.05) is 23.7 Å². The molecule has 0 saturated carbocycles. The molecule has 1 aliphatic heterocycles. The van der Waals surface area contributed by atoms with Crippen molar-refractivity contribution in [1.82, 2.24) is 10.7 Å². The molecule has 1 aliphatic rings. The molecule has 8 nitrogen and oxygen atoms in total. The highest BCUT2D eigenvalue weighted by atomic mass is 35.5. The van der Waals surface area contributed by atoms with E-state index in [9.17, 15) is 19.5 Å². The standard InChI is InChI=1S/C23H27ClN4O4S/c1-13-8-19-18(9-17(13)20(29)27-25)28(11-14-4-6-16(24)7-5-14)21(30)15(12-33-19)10-23(2,3)26-22(31)32/h4-9,15,26H,10-12,25H2,1-3H3,(H,27,29)(H,31,32)/t15-/m0/s1. The van der Waals surface area contributed by atoms with Crippen LogP contribution in [0.5, 0.6) is 0 Å². The molecule has 33 heavy (non-hydrogen) atoms. The number of hydrogen-bond acceptors (Lipinski definition) is 5. The third-order valence-electron chi connectivity index (χ3n) is 5.48. The summed E-state index contributed by atoms with van der Waals surface area (Å²) in [5, 5.41) is 12.3. The third-order valence-corrected chi connectivity index (χ3v) is 6.94. The first-order chi connectivity index (χ1) is 15.5. The molecule has 176 valence electrons. The van der Waals surface area contributed by atoms with E-state index in [-0.39, 0.29) is 12.5 Å². The number of carboxylic acid groups (broad SMARTS) is 1. The molecule has 2 aromatic rings. The number of anilines is 1. The summed E-state index contributed by atoms with van der Waals surface area (Å²) in [6, 6.07) is 10.8. The molecule has 0 radical (unpaired) electrons. The number of nitrogens with zero attached hydrogens (tertiary/aromatic N) is 1. The molecule has 10 heteroatoms. The molecule has 0 aromatic heterocycles. The van der Waals surface area contributed by atoms with E-state index in [1.807, 2.05) is 25.1 Å². The number of nitrogen functional groups attached to an aromatic ring is 1. The molecule has 1 atom stereocenters. The number of carbonyl (C=O) groups is 3. The number of carbonyl (C=O) groups excluding carboxylic acids is 2. The van der Waals surface area contributed by atoms with Gasteiger partial charge in [0, 0.05) is 26.8 Å². The normalized spacial score (nSPS) is 16.1. The molecule has 3 rings (SSSR count). The van der Waals surface area contributed by atoms with Gasteiger partial charge in [0.15, 0.2) is 0 Å². The molecular formula is C23H27ClN4O4S. The monoisotopic (exact) mass is 490 g/mol. The molecule has 0 unspecified atom stereocenters. The average molecular weight is 491 g/mol. The smallest absolute Gasteiger partial charge is 0.405 e. The first-order valence-corrected chi connectivity index (χ1v) is 11.7. The van der Waals surface area contributed by atoms with Gasteiger partial charge in [0.05, 0.1) is 18.2 Å². The van der Waals surface area contributed by atoms with Crippen molar-refractivity contribution < 1.29 is 19.5 Å². The maximum Gasteiger partial charge on any atom is 0.405 e. The summed E-state index contributed by atoms with van der Waals surface area (Å²) in [5.41, 5.74) is 3.99. The maximum atomic E-state index is 13.8. The van der Waals surface area contributed by atoms with Crippen molar-refractivity contribution in [2.45, 2.75) is 44.2 Å². The highest BCUT2D eigenvalue weighted by Gasteiger charge is 2.36. The number of fused-ring (bicyclic) bond motifs is 1. The van der Waals surface area contributed by atoms with E-state index in [4.69, 9.17) is 17.4 Å². The van der Waals surface area contributed by atoms with E-state index in [1.54, 1.807) is 36.9 Å². The Morgan fingerprint density at radius 1 is 1.27 bits per heavy atom. The average Bonchev–Trinajstić information content (AvgIpc) is 2.85. The van der Waals surface area contributed by atoms with E-state index in [2.05, 4.69) is 10.7 Å². The van der Waals surface area contributed by atoms with Crippen LogP contribution in [0.4, 0.5) is 10.5 Å². The topological polar surface area (TPSA) is 125 Å². The zero-order valence-electron chi connectivity index (χ0n) is 18.6. The molecule has 2 aromatic carbocycles. The Labute approximate surface area is 201 Å². The SMILES string of the molecule is Cc1cc2c(cc1C(=O)NN)N(Cc1ccc(Cl)cc1)C(=O)[C@@H](CC(C)(C)NC(=O)O)CS2. The highest BCUT2D eigenvalue weighted by Crippen LogP contribution is 2.40. The number of thioether (sulfide) groups is 1. The number of benzene rings is 2. The maximum absolute atomic E-state index is 13.8. The zero-order valence-corrected chi connectivity index (χ0v) is 20.2. The van der Waals surface area contributed by atoms with Gasteiger partial charge in [0.25, 0.3) is 5.91 Å². The van der Waals surface area contributed by atoms with Gasteiger partial charge in [0.1, 0.15) is 0 Å². The van der Waals surface area contributed by atoms with Crippen molar-refractivity contribution in [3.63, 3.8) is 0 Å². The number of hydrazine groups is 1. The fourth-order valence-electron chi connectivity index (χ4n) is 3.96. The summed E-state index contributed by atoms with van der Waals surface area (Å²) >= 11 is 7.54. The van der Waals surface area contributed by atoms with E-state index >= 15 is 0 Å². The first-order valence-electron chi connectivity index (χ1n) is 10.4. The van der Waals surface area contributed by atoms with E-state index in [0.29, 0.717) is 28.4 Å². The highest BCUT2D eigenvalue weighted by molar-refractivity contribution is 7.99. The van der Waals surface area contributed by atoms with Crippen LogP contribution in [-0.2, 0) is 11.3 Å². The first kappa shape index (κ1) is 24.9. The second kappa shape index (κ2) is 10.0. The van der Waals surface area contributed by atoms with Crippen LogP contribution in [-0.4, -0.2) is 34.3 Å². The number of rotatable bonds is 6. The summed E-state index contributed by atoms with van der Waals surface area (Å²) in [4.78, 5) is 39.8. The molecule has 0 bridgehead atoms. The van der Waals surface area contributed by atoms with Gasteiger partial charge in [-0.25, -0.2) is 10.6 Å². The molecule has 0 saturated heterocycles. The number of amides is 3. The molecule has 0 fully saturated rings. The van der Waals surface area contributed by atoms with E-state index in [1.165, 1.54) is 11.8 Å². The van der Waals surface area contributed by atoms with Crippen LogP contribution < -0.4 is 21.5 Å². The third kappa shape index (κ3) is 5.98. The van der Waals surface area contributed by atoms with Gasteiger partial charge >= 0.3 is 6.09 Å². The Morgan fingerprint density at radius 2 is 1.94 bits per heavy atom. The van der Waals surface area contributed by atoms with Crippen LogP contribution in [0.25, 0.3) is 0 Å². The summed E-state index contributed by atoms with van der Waals surface area (Å²) in [5.74, 6) is 4.82. The lowest BCUT2D eigenvalue weighted by Crippen LogP contribution is -2.47. The number of halogens is 1.